The zero-order valence-corrected chi connectivity index (χ0v) is 17.2. The Labute approximate surface area is 168 Å². The largest absolute Gasteiger partial charge is 0.345 e. The van der Waals surface area contributed by atoms with Gasteiger partial charge in [-0.15, -0.1) is 0 Å². The van der Waals surface area contributed by atoms with E-state index in [4.69, 9.17) is 0 Å². The Morgan fingerprint density at radius 2 is 1.93 bits per heavy atom. The van der Waals surface area contributed by atoms with Gasteiger partial charge in [0.25, 0.3) is 0 Å². The van der Waals surface area contributed by atoms with E-state index in [0.29, 0.717) is 35.2 Å². The molecule has 1 saturated heterocycles. The zero-order valence-electron chi connectivity index (χ0n) is 16.3. The second kappa shape index (κ2) is 6.93. The van der Waals surface area contributed by atoms with Crippen LogP contribution in [0.25, 0.3) is 11.0 Å². The molecular weight excluding hydrogens is 395 g/mol. The number of nitrogens with zero attached hydrogens (tertiary/aromatic N) is 2. The van der Waals surface area contributed by atoms with Crippen molar-refractivity contribution in [1.29, 1.82) is 0 Å². The third-order valence-corrected chi connectivity index (χ3v) is 6.95. The molecule has 2 N–H and O–H groups in total. The van der Waals surface area contributed by atoms with Crippen molar-refractivity contribution in [3.05, 3.63) is 58.2 Å². The maximum absolute atomic E-state index is 15.3. The van der Waals surface area contributed by atoms with Gasteiger partial charge < -0.3 is 4.98 Å². The number of pyridine rings is 1. The summed E-state index contributed by atoms with van der Waals surface area (Å²) < 4.78 is 43.4. The number of aryl methyl sites for hydroxylation is 3. The van der Waals surface area contributed by atoms with Crippen LogP contribution in [0.1, 0.15) is 39.0 Å². The molecule has 1 fully saturated rings. The molecule has 29 heavy (non-hydrogen) atoms. The Balaban J connectivity index is 1.79. The molecule has 0 spiro atoms. The average Bonchev–Trinajstić information content (AvgIpc) is 3.03. The number of H-pyrrole nitrogens is 1. The quantitative estimate of drug-likeness (QED) is 0.625. The number of aromatic nitrogens is 2. The van der Waals surface area contributed by atoms with E-state index in [1.54, 1.807) is 13.1 Å². The van der Waals surface area contributed by atoms with E-state index in [1.807, 2.05) is 13.8 Å². The molecule has 0 amide bonds. The lowest BCUT2D eigenvalue weighted by atomic mass is 9.96. The number of benzene rings is 1. The van der Waals surface area contributed by atoms with E-state index in [1.165, 1.54) is 22.6 Å². The van der Waals surface area contributed by atoms with Crippen molar-refractivity contribution in [3.63, 3.8) is 0 Å². The van der Waals surface area contributed by atoms with Crippen LogP contribution < -0.4 is 4.72 Å². The second-order valence-corrected chi connectivity index (χ2v) is 8.97. The number of ketones is 1. The first kappa shape index (κ1) is 19.5. The highest BCUT2D eigenvalue weighted by atomic mass is 32.2. The first-order valence-electron chi connectivity index (χ1n) is 9.25. The molecule has 0 bridgehead atoms. The first-order chi connectivity index (χ1) is 13.7. The van der Waals surface area contributed by atoms with Gasteiger partial charge in [-0.25, -0.2) is 9.37 Å². The minimum atomic E-state index is -3.84. The Bertz CT molecular complexity index is 1250. The van der Waals surface area contributed by atoms with Gasteiger partial charge in [-0.05, 0) is 49.9 Å². The zero-order chi connectivity index (χ0) is 20.9. The number of nitrogens with one attached hydrogen (secondary N) is 2. The van der Waals surface area contributed by atoms with Crippen LogP contribution in [-0.2, 0) is 10.2 Å². The number of rotatable bonds is 5. The molecule has 0 saturated carbocycles. The maximum Gasteiger partial charge on any atom is 0.301 e. The third-order valence-electron chi connectivity index (χ3n) is 5.43. The molecule has 2 aromatic heterocycles. The molecule has 4 rings (SSSR count). The summed E-state index contributed by atoms with van der Waals surface area (Å²) in [5, 5.41) is 0.639. The van der Waals surface area contributed by atoms with Crippen molar-refractivity contribution in [2.75, 3.05) is 17.8 Å². The van der Waals surface area contributed by atoms with Gasteiger partial charge in [0.15, 0.2) is 11.6 Å². The number of hydrogen-bond acceptors (Lipinski definition) is 4. The van der Waals surface area contributed by atoms with Crippen molar-refractivity contribution in [3.8, 4) is 0 Å². The summed E-state index contributed by atoms with van der Waals surface area (Å²) >= 11 is 0. The lowest BCUT2D eigenvalue weighted by Crippen LogP contribution is -2.45. The van der Waals surface area contributed by atoms with Gasteiger partial charge in [0.1, 0.15) is 5.65 Å². The topological polar surface area (TPSA) is 95.2 Å². The number of fused-ring (bicyclic) bond motifs is 1. The van der Waals surface area contributed by atoms with E-state index >= 15 is 4.39 Å². The molecule has 0 atom stereocenters. The molecular formula is C20H21FN4O3S. The predicted molar refractivity (Wildman–Crippen MR) is 109 cm³/mol. The molecule has 7 nitrogen and oxygen atoms in total. The molecule has 3 aromatic rings. The highest BCUT2D eigenvalue weighted by molar-refractivity contribution is 7.90. The Hall–Kier alpha value is -2.78. The van der Waals surface area contributed by atoms with Gasteiger partial charge in [-0.1, -0.05) is 6.07 Å². The van der Waals surface area contributed by atoms with Crippen LogP contribution in [0.3, 0.4) is 0 Å². The minimum absolute atomic E-state index is 0.157. The molecule has 9 heteroatoms. The van der Waals surface area contributed by atoms with E-state index in [2.05, 4.69) is 14.7 Å². The van der Waals surface area contributed by atoms with E-state index in [9.17, 15) is 13.2 Å². The average molecular weight is 416 g/mol. The van der Waals surface area contributed by atoms with Crippen molar-refractivity contribution in [2.24, 2.45) is 0 Å². The van der Waals surface area contributed by atoms with E-state index in [0.717, 1.165) is 17.5 Å². The molecule has 3 heterocycles. The maximum atomic E-state index is 15.3. The molecule has 0 radical (unpaired) electrons. The van der Waals surface area contributed by atoms with E-state index in [-0.39, 0.29) is 11.3 Å². The normalized spacial score (nSPS) is 14.8. The summed E-state index contributed by atoms with van der Waals surface area (Å²) in [5.74, 6) is -1.40. The fraction of sp³-hybridized carbons (Fsp3) is 0.300. The van der Waals surface area contributed by atoms with Gasteiger partial charge in [-0.2, -0.15) is 12.7 Å². The second-order valence-electron chi connectivity index (χ2n) is 7.30. The molecule has 152 valence electrons. The van der Waals surface area contributed by atoms with Crippen molar-refractivity contribution < 1.29 is 17.6 Å². The third kappa shape index (κ3) is 3.20. The summed E-state index contributed by atoms with van der Waals surface area (Å²) in [6.07, 6.45) is 4.00. The van der Waals surface area contributed by atoms with Crippen LogP contribution in [0.15, 0.2) is 24.5 Å². The Morgan fingerprint density at radius 1 is 1.21 bits per heavy atom. The molecule has 1 aromatic carbocycles. The van der Waals surface area contributed by atoms with Crippen molar-refractivity contribution in [2.45, 2.75) is 27.2 Å². The minimum Gasteiger partial charge on any atom is -0.345 e. The summed E-state index contributed by atoms with van der Waals surface area (Å²) in [6.45, 7) is 6.19. The van der Waals surface area contributed by atoms with Gasteiger partial charge >= 0.3 is 10.2 Å². The number of hydrogen-bond donors (Lipinski definition) is 2. The fourth-order valence-corrected chi connectivity index (χ4v) is 4.73. The smallest absolute Gasteiger partial charge is 0.301 e. The summed E-state index contributed by atoms with van der Waals surface area (Å²) in [5.41, 5.74) is 2.67. The molecule has 0 unspecified atom stereocenters. The van der Waals surface area contributed by atoms with Crippen LogP contribution >= 0.6 is 0 Å². The van der Waals surface area contributed by atoms with Crippen LogP contribution in [0.2, 0.25) is 0 Å². The Morgan fingerprint density at radius 3 is 2.59 bits per heavy atom. The monoisotopic (exact) mass is 416 g/mol. The number of carbonyl (C=O) groups excluding carboxylic acids is 1. The SMILES string of the molecule is Cc1ccc(NS(=O)(=O)N2CCC2)c(F)c1C(=O)c1c[nH]c2ncc(C)c(C)c12. The number of aromatic amines is 1. The molecule has 1 aliphatic heterocycles. The summed E-state index contributed by atoms with van der Waals surface area (Å²) in [4.78, 5) is 20.5. The fourth-order valence-electron chi connectivity index (χ4n) is 3.42. The number of carbonyl (C=O) groups is 1. The van der Waals surface area contributed by atoms with E-state index < -0.39 is 21.8 Å². The lowest BCUT2D eigenvalue weighted by Gasteiger charge is -2.30. The van der Waals surface area contributed by atoms with Gasteiger partial charge in [-0.3, -0.25) is 9.52 Å². The predicted octanol–water partition coefficient (Wildman–Crippen LogP) is 3.22. The van der Waals surface area contributed by atoms with Crippen LogP contribution in [-0.4, -0.2) is 41.6 Å². The van der Waals surface area contributed by atoms with Crippen LogP contribution in [0.5, 0.6) is 0 Å². The lowest BCUT2D eigenvalue weighted by molar-refractivity contribution is 0.103. The molecule has 0 aliphatic carbocycles. The highest BCUT2D eigenvalue weighted by Gasteiger charge is 2.30. The number of halogens is 1. The van der Waals surface area contributed by atoms with Crippen LogP contribution in [0, 0.1) is 26.6 Å². The molecule has 1 aliphatic rings. The first-order valence-corrected chi connectivity index (χ1v) is 10.7. The standard InChI is InChI=1S/C20H21FN4O3S/c1-11-5-6-15(24-29(27,28)25-7-4-8-25)18(21)16(11)19(26)14-10-23-20-17(14)13(3)12(2)9-22-20/h5-6,9-10,24H,4,7-8H2,1-3H3,(H,22,23). The van der Waals surface area contributed by atoms with Gasteiger partial charge in [0.05, 0.1) is 11.3 Å². The number of anilines is 1. The van der Waals surface area contributed by atoms with Crippen molar-refractivity contribution in [1.82, 2.24) is 14.3 Å². The summed E-state index contributed by atoms with van der Waals surface area (Å²) in [6, 6.07) is 2.88. The summed E-state index contributed by atoms with van der Waals surface area (Å²) in [7, 11) is -3.84. The van der Waals surface area contributed by atoms with Crippen LogP contribution in [0.4, 0.5) is 10.1 Å². The van der Waals surface area contributed by atoms with Crippen molar-refractivity contribution >= 4 is 32.7 Å². The Kier molecular flexibility index (Phi) is 4.66. The van der Waals surface area contributed by atoms with Gasteiger partial charge in [0.2, 0.25) is 0 Å². The highest BCUT2D eigenvalue weighted by Crippen LogP contribution is 2.30. The van der Waals surface area contributed by atoms with Gasteiger partial charge in [0, 0.05) is 36.4 Å².